The first-order valence-electron chi connectivity index (χ1n) is 4.21. The van der Waals surface area contributed by atoms with Gasteiger partial charge < -0.3 is 4.40 Å². The second-order valence-corrected chi connectivity index (χ2v) is 3.54. The van der Waals surface area contributed by atoms with Crippen LogP contribution in [-0.2, 0) is 5.88 Å². The Labute approximate surface area is 82.2 Å². The van der Waals surface area contributed by atoms with Gasteiger partial charge in [-0.2, -0.15) is 0 Å². The molecule has 0 amide bonds. The molecule has 3 heteroatoms. The van der Waals surface area contributed by atoms with E-state index >= 15 is 0 Å². The van der Waals surface area contributed by atoms with E-state index in [-0.39, 0.29) is 0 Å². The molecule has 2 rings (SSSR count). The van der Waals surface area contributed by atoms with Gasteiger partial charge in [0.2, 0.25) is 0 Å². The van der Waals surface area contributed by atoms with Crippen molar-refractivity contribution in [1.29, 1.82) is 0 Å². The molecule has 0 saturated heterocycles. The number of aromatic nitrogens is 2. The second-order valence-electron chi connectivity index (χ2n) is 3.28. The predicted molar refractivity (Wildman–Crippen MR) is 54.2 cm³/mol. The van der Waals surface area contributed by atoms with Gasteiger partial charge in [-0.05, 0) is 25.0 Å². The van der Waals surface area contributed by atoms with Gasteiger partial charge in [-0.1, -0.05) is 6.07 Å². The summed E-state index contributed by atoms with van der Waals surface area (Å²) < 4.78 is 2.05. The van der Waals surface area contributed by atoms with Gasteiger partial charge in [0.1, 0.15) is 5.65 Å². The van der Waals surface area contributed by atoms with Gasteiger partial charge in [0.05, 0.1) is 17.8 Å². The van der Waals surface area contributed by atoms with Crippen LogP contribution in [0.15, 0.2) is 18.5 Å². The van der Waals surface area contributed by atoms with E-state index in [0.717, 1.165) is 11.3 Å². The van der Waals surface area contributed by atoms with Crippen molar-refractivity contribution in [3.8, 4) is 0 Å². The van der Waals surface area contributed by atoms with Crippen molar-refractivity contribution in [3.05, 3.63) is 35.3 Å². The third-order valence-corrected chi connectivity index (χ3v) is 2.41. The van der Waals surface area contributed by atoms with E-state index in [0.29, 0.717) is 5.88 Å². The molecule has 0 radical (unpaired) electrons. The average Bonchev–Trinajstić information content (AvgIpc) is 2.47. The lowest BCUT2D eigenvalue weighted by molar-refractivity contribution is 1.06. The Balaban J connectivity index is 2.82. The molecule has 0 N–H and O–H groups in total. The van der Waals surface area contributed by atoms with Crippen LogP contribution in [0.5, 0.6) is 0 Å². The van der Waals surface area contributed by atoms with E-state index in [1.807, 2.05) is 6.20 Å². The van der Waals surface area contributed by atoms with Gasteiger partial charge in [-0.15, -0.1) is 11.6 Å². The number of imidazole rings is 1. The first-order chi connectivity index (χ1) is 6.22. The summed E-state index contributed by atoms with van der Waals surface area (Å²) in [6.07, 6.45) is 3.89. The third kappa shape index (κ3) is 1.31. The minimum Gasteiger partial charge on any atom is -0.302 e. The minimum atomic E-state index is 0.504. The quantitative estimate of drug-likeness (QED) is 0.638. The van der Waals surface area contributed by atoms with Crippen LogP contribution in [0, 0.1) is 13.8 Å². The van der Waals surface area contributed by atoms with Crippen LogP contribution in [0.4, 0.5) is 0 Å². The van der Waals surface area contributed by atoms with Crippen molar-refractivity contribution in [2.75, 3.05) is 0 Å². The highest BCUT2D eigenvalue weighted by Gasteiger charge is 2.04. The monoisotopic (exact) mass is 194 g/mol. The van der Waals surface area contributed by atoms with Gasteiger partial charge >= 0.3 is 0 Å². The lowest BCUT2D eigenvalue weighted by Crippen LogP contribution is -1.93. The Kier molecular flexibility index (Phi) is 2.00. The Hall–Kier alpha value is -1.02. The summed E-state index contributed by atoms with van der Waals surface area (Å²) in [4.78, 5) is 4.31. The number of hydrogen-bond donors (Lipinski definition) is 0. The highest BCUT2D eigenvalue weighted by molar-refractivity contribution is 6.16. The Morgan fingerprint density at radius 3 is 2.92 bits per heavy atom. The fourth-order valence-electron chi connectivity index (χ4n) is 1.58. The van der Waals surface area contributed by atoms with Gasteiger partial charge in [0.25, 0.3) is 0 Å². The fraction of sp³-hybridized carbons (Fsp3) is 0.300. The standard InChI is InChI=1S/C10H11ClN2/c1-7-3-8(2)10-12-5-9(4-11)13(10)6-7/h3,5-6H,4H2,1-2H3. The molecule has 0 saturated carbocycles. The molecule has 2 aromatic rings. The Bertz CT molecular complexity index is 445. The molecule has 2 nitrogen and oxygen atoms in total. The maximum atomic E-state index is 5.79. The summed E-state index contributed by atoms with van der Waals surface area (Å²) in [5.74, 6) is 0.504. The zero-order valence-corrected chi connectivity index (χ0v) is 8.47. The van der Waals surface area contributed by atoms with E-state index < -0.39 is 0 Å². The molecule has 0 fully saturated rings. The molecule has 0 atom stereocenters. The van der Waals surface area contributed by atoms with Crippen molar-refractivity contribution in [2.24, 2.45) is 0 Å². The SMILES string of the molecule is Cc1cc(C)c2ncc(CCl)n2c1. The van der Waals surface area contributed by atoms with Gasteiger partial charge in [-0.3, -0.25) is 0 Å². The van der Waals surface area contributed by atoms with E-state index in [2.05, 4.69) is 35.5 Å². The van der Waals surface area contributed by atoms with E-state index in [1.54, 1.807) is 0 Å². The fourth-order valence-corrected chi connectivity index (χ4v) is 1.78. The number of hydrogen-bond acceptors (Lipinski definition) is 1. The molecule has 0 unspecified atom stereocenters. The molecule has 0 aliphatic heterocycles. The van der Waals surface area contributed by atoms with Crippen LogP contribution in [0.2, 0.25) is 0 Å². The van der Waals surface area contributed by atoms with E-state index in [4.69, 9.17) is 11.6 Å². The molecular formula is C10H11ClN2. The largest absolute Gasteiger partial charge is 0.302 e. The normalized spacial score (nSPS) is 11.0. The number of pyridine rings is 1. The van der Waals surface area contributed by atoms with Crippen molar-refractivity contribution in [3.63, 3.8) is 0 Å². The van der Waals surface area contributed by atoms with Crippen LogP contribution >= 0.6 is 11.6 Å². The topological polar surface area (TPSA) is 17.3 Å². The highest BCUT2D eigenvalue weighted by Crippen LogP contribution is 2.14. The maximum Gasteiger partial charge on any atom is 0.139 e. The van der Waals surface area contributed by atoms with Gasteiger partial charge in [-0.25, -0.2) is 4.98 Å². The number of nitrogens with zero attached hydrogens (tertiary/aromatic N) is 2. The summed E-state index contributed by atoms with van der Waals surface area (Å²) in [7, 11) is 0. The summed E-state index contributed by atoms with van der Waals surface area (Å²) in [5, 5.41) is 0. The minimum absolute atomic E-state index is 0.504. The van der Waals surface area contributed by atoms with Crippen LogP contribution < -0.4 is 0 Å². The molecule has 0 spiro atoms. The Morgan fingerprint density at radius 2 is 2.23 bits per heavy atom. The molecule has 0 bridgehead atoms. The zero-order valence-electron chi connectivity index (χ0n) is 7.71. The van der Waals surface area contributed by atoms with E-state index in [9.17, 15) is 0 Å². The predicted octanol–water partition coefficient (Wildman–Crippen LogP) is 2.69. The number of alkyl halides is 1. The zero-order chi connectivity index (χ0) is 9.42. The van der Waals surface area contributed by atoms with Crippen molar-refractivity contribution < 1.29 is 0 Å². The molecule has 2 heterocycles. The average molecular weight is 195 g/mol. The summed E-state index contributed by atoms with van der Waals surface area (Å²) in [5.41, 5.74) is 4.47. The first-order valence-corrected chi connectivity index (χ1v) is 4.75. The summed E-state index contributed by atoms with van der Waals surface area (Å²) in [6.45, 7) is 4.14. The van der Waals surface area contributed by atoms with Crippen molar-refractivity contribution >= 4 is 17.2 Å². The van der Waals surface area contributed by atoms with Crippen molar-refractivity contribution in [2.45, 2.75) is 19.7 Å². The van der Waals surface area contributed by atoms with Gasteiger partial charge in [0.15, 0.2) is 0 Å². The smallest absolute Gasteiger partial charge is 0.139 e. The molecule has 13 heavy (non-hydrogen) atoms. The molecule has 0 aliphatic carbocycles. The molecule has 68 valence electrons. The van der Waals surface area contributed by atoms with Crippen LogP contribution in [0.1, 0.15) is 16.8 Å². The van der Waals surface area contributed by atoms with Gasteiger partial charge in [0, 0.05) is 6.20 Å². The molecule has 0 aromatic carbocycles. The first kappa shape index (κ1) is 8.57. The van der Waals surface area contributed by atoms with Crippen LogP contribution in [-0.4, -0.2) is 9.38 Å². The second kappa shape index (κ2) is 3.04. The lowest BCUT2D eigenvalue weighted by Gasteiger charge is -2.02. The molecule has 2 aromatic heterocycles. The highest BCUT2D eigenvalue weighted by atomic mass is 35.5. The molecular weight excluding hydrogens is 184 g/mol. The van der Waals surface area contributed by atoms with Crippen LogP contribution in [0.25, 0.3) is 5.65 Å². The maximum absolute atomic E-state index is 5.79. The summed E-state index contributed by atoms with van der Waals surface area (Å²) >= 11 is 5.79. The summed E-state index contributed by atoms with van der Waals surface area (Å²) in [6, 6.07) is 2.13. The Morgan fingerprint density at radius 1 is 1.46 bits per heavy atom. The number of fused-ring (bicyclic) bond motifs is 1. The lowest BCUT2D eigenvalue weighted by atomic mass is 10.2. The molecule has 0 aliphatic rings. The third-order valence-electron chi connectivity index (χ3n) is 2.14. The van der Waals surface area contributed by atoms with Crippen molar-refractivity contribution in [1.82, 2.24) is 9.38 Å². The van der Waals surface area contributed by atoms with E-state index in [1.165, 1.54) is 11.1 Å². The number of aryl methyl sites for hydroxylation is 2. The number of rotatable bonds is 1. The number of halogens is 1. The van der Waals surface area contributed by atoms with Crippen LogP contribution in [0.3, 0.4) is 0 Å².